The minimum atomic E-state index is -5.80. The maximum atomic E-state index is 14.9. The molecule has 115 heavy (non-hydrogen) atoms. The summed E-state index contributed by atoms with van der Waals surface area (Å²) in [6, 6.07) is 0. The molecule has 676 valence electrons. The number of esters is 4. The number of aliphatic hydroxyl groups is 9. The van der Waals surface area contributed by atoms with Crippen LogP contribution in [0.2, 0.25) is 0 Å². The van der Waals surface area contributed by atoms with Crippen LogP contribution in [0, 0.1) is 0 Å². The average molecular weight is 1670 g/mol. The largest absolute Gasteiger partial charge is 0.472 e. The van der Waals surface area contributed by atoms with E-state index in [0.29, 0.717) is 32.1 Å². The number of unbranched alkanes of at least 4 members (excludes halogenated alkanes) is 49. The van der Waals surface area contributed by atoms with E-state index in [4.69, 9.17) is 46.9 Å². The molecule has 26 heteroatoms. The summed E-state index contributed by atoms with van der Waals surface area (Å²) in [6.45, 7) is 5.59. The van der Waals surface area contributed by atoms with Crippen LogP contribution in [0.4, 0.5) is 0 Å². The summed E-state index contributed by atoms with van der Waals surface area (Å²) in [5.74, 6) is -2.95. The van der Waals surface area contributed by atoms with Crippen LogP contribution in [-0.4, -0.2) is 205 Å². The summed E-state index contributed by atoms with van der Waals surface area (Å²) in [6.07, 6.45) is 26.4. The molecule has 0 radical (unpaired) electrons. The van der Waals surface area contributed by atoms with Crippen LogP contribution in [0.15, 0.2) is 12.2 Å². The van der Waals surface area contributed by atoms with Crippen molar-refractivity contribution in [3.63, 3.8) is 0 Å². The predicted octanol–water partition coefficient (Wildman–Crippen LogP) is 16.8. The van der Waals surface area contributed by atoms with E-state index in [9.17, 15) is 74.6 Å². The number of hydrogen-bond acceptors (Lipinski definition) is 24. The van der Waals surface area contributed by atoms with E-state index in [-0.39, 0.29) is 25.7 Å². The number of allylic oxidation sites excluding steroid dienone is 2. The maximum absolute atomic E-state index is 14.9. The topological polar surface area (TPSA) is 380 Å². The molecule has 0 bridgehead atoms. The number of aliphatic hydroxyl groups excluding tert-OH is 9. The molecule has 2 heterocycles. The molecule has 2 aliphatic heterocycles. The molecule has 0 aromatic rings. The van der Waals surface area contributed by atoms with Crippen molar-refractivity contribution in [3.8, 4) is 0 Å². The fourth-order valence-electron chi connectivity index (χ4n) is 15.4. The van der Waals surface area contributed by atoms with E-state index in [0.717, 1.165) is 141 Å². The molecule has 25 nitrogen and oxygen atoms in total. The Bertz CT molecular complexity index is 2440. The van der Waals surface area contributed by atoms with E-state index in [2.05, 4.69) is 39.8 Å². The fraction of sp³-hybridized carbons (Fsp3) is 0.933. The predicted molar refractivity (Wildman–Crippen MR) is 444 cm³/mol. The summed E-state index contributed by atoms with van der Waals surface area (Å²) < 4.78 is 73.4. The monoisotopic (exact) mass is 1670 g/mol. The van der Waals surface area contributed by atoms with Crippen molar-refractivity contribution >= 4 is 31.7 Å². The highest BCUT2D eigenvalue weighted by Crippen LogP contribution is 2.49. The first kappa shape index (κ1) is 106. The van der Waals surface area contributed by atoms with Crippen molar-refractivity contribution in [3.05, 3.63) is 12.2 Å². The molecular formula is C89H165O25P. The zero-order valence-corrected chi connectivity index (χ0v) is 72.7. The Kier molecular flexibility index (Phi) is 63.6. The normalized spacial score (nSPS) is 25.3. The van der Waals surface area contributed by atoms with Gasteiger partial charge in [-0.25, -0.2) is 4.57 Å². The van der Waals surface area contributed by atoms with E-state index in [1.54, 1.807) is 0 Å². The summed E-state index contributed by atoms with van der Waals surface area (Å²) in [5.41, 5.74) is 0. The first-order chi connectivity index (χ1) is 55.7. The van der Waals surface area contributed by atoms with Crippen molar-refractivity contribution in [2.24, 2.45) is 0 Å². The Balaban J connectivity index is 1.92. The lowest BCUT2D eigenvalue weighted by Gasteiger charge is -2.50. The van der Waals surface area contributed by atoms with Gasteiger partial charge in [0.2, 0.25) is 0 Å². The quantitative estimate of drug-likeness (QED) is 0.00889. The van der Waals surface area contributed by atoms with Gasteiger partial charge in [0.1, 0.15) is 92.6 Å². The van der Waals surface area contributed by atoms with E-state index in [1.165, 1.54) is 173 Å². The van der Waals surface area contributed by atoms with Gasteiger partial charge in [0.05, 0.1) is 13.2 Å². The van der Waals surface area contributed by atoms with Crippen LogP contribution < -0.4 is 0 Å². The molecule has 0 amide bonds. The molecule has 3 rings (SSSR count). The van der Waals surface area contributed by atoms with Gasteiger partial charge in [-0.2, -0.15) is 0 Å². The number of ether oxygens (including phenoxy) is 8. The minimum absolute atomic E-state index is 0.0179. The Morgan fingerprint density at radius 2 is 0.652 bits per heavy atom. The average Bonchev–Trinajstić information content (AvgIpc) is 0.753. The molecule has 18 unspecified atom stereocenters. The number of hydrogen-bond donors (Lipinski definition) is 10. The third-order valence-corrected chi connectivity index (χ3v) is 23.8. The molecule has 18 atom stereocenters. The number of phosphoric acid groups is 1. The van der Waals surface area contributed by atoms with Crippen molar-refractivity contribution in [1.82, 2.24) is 0 Å². The Labute approximate surface area is 692 Å². The summed E-state index contributed by atoms with van der Waals surface area (Å²) in [7, 11) is -5.80. The molecule has 0 aromatic carbocycles. The highest BCUT2D eigenvalue weighted by atomic mass is 31.2. The van der Waals surface area contributed by atoms with Gasteiger partial charge >= 0.3 is 31.7 Å². The molecular weight excluding hydrogens is 1500 g/mol. The smallest absolute Gasteiger partial charge is 0.463 e. The van der Waals surface area contributed by atoms with E-state index >= 15 is 0 Å². The van der Waals surface area contributed by atoms with Gasteiger partial charge in [-0.05, 0) is 51.4 Å². The Hall–Kier alpha value is -2.79. The molecule has 3 fully saturated rings. The van der Waals surface area contributed by atoms with Gasteiger partial charge in [-0.1, -0.05) is 335 Å². The number of phosphoric ester groups is 1. The molecule has 3 aliphatic rings. The SMILES string of the molecule is CCCCCC/C=C\CCCCCCCCCC(=O)OC1C(O)C(O)C(OC2OC(CO)C(O)C(O)C2O)C(OP(=O)(O)OCC(COC(=O)CCCCCCCCCCCCCCC)OC(=O)CCCCCCCCCCCCCCCCC)C1OC1OC(COC(=O)CCCCCCCCCCCCCCC)C(O)C(O)C1O. The second kappa shape index (κ2) is 68.7. The lowest BCUT2D eigenvalue weighted by atomic mass is 9.84. The van der Waals surface area contributed by atoms with E-state index in [1.807, 2.05) is 0 Å². The van der Waals surface area contributed by atoms with E-state index < -0.39 is 162 Å². The number of carbonyl (C=O) groups is 4. The number of rotatable bonds is 75. The van der Waals surface area contributed by atoms with Crippen molar-refractivity contribution < 1.29 is 122 Å². The van der Waals surface area contributed by atoms with Gasteiger partial charge in [-0.15, -0.1) is 0 Å². The molecule has 1 saturated carbocycles. The second-order valence-electron chi connectivity index (χ2n) is 33.2. The fourth-order valence-corrected chi connectivity index (χ4v) is 16.3. The lowest BCUT2D eigenvalue weighted by Crippen LogP contribution is -2.70. The van der Waals surface area contributed by atoms with Gasteiger partial charge in [0.25, 0.3) is 0 Å². The Morgan fingerprint density at radius 3 is 1.04 bits per heavy atom. The van der Waals surface area contributed by atoms with Gasteiger partial charge in [0, 0.05) is 25.7 Å². The Morgan fingerprint density at radius 1 is 0.339 bits per heavy atom. The van der Waals surface area contributed by atoms with Crippen LogP contribution in [0.25, 0.3) is 0 Å². The summed E-state index contributed by atoms with van der Waals surface area (Å²) >= 11 is 0. The van der Waals surface area contributed by atoms with Crippen LogP contribution >= 0.6 is 7.82 Å². The molecule has 1 aliphatic carbocycles. The van der Waals surface area contributed by atoms with Crippen molar-refractivity contribution in [2.45, 2.75) is 504 Å². The van der Waals surface area contributed by atoms with Crippen LogP contribution in [-0.2, 0) is 70.7 Å². The second-order valence-corrected chi connectivity index (χ2v) is 34.6. The maximum Gasteiger partial charge on any atom is 0.472 e. The summed E-state index contributed by atoms with van der Waals surface area (Å²) in [4.78, 5) is 66.4. The number of carbonyl (C=O) groups excluding carboxylic acids is 4. The van der Waals surface area contributed by atoms with Gasteiger partial charge < -0.3 is 88.7 Å². The lowest BCUT2D eigenvalue weighted by molar-refractivity contribution is -0.360. The van der Waals surface area contributed by atoms with Crippen LogP contribution in [0.1, 0.15) is 400 Å². The molecule has 0 aromatic heterocycles. The molecule has 2 saturated heterocycles. The van der Waals surface area contributed by atoms with Crippen molar-refractivity contribution in [1.29, 1.82) is 0 Å². The zero-order valence-electron chi connectivity index (χ0n) is 71.9. The third kappa shape index (κ3) is 49.2. The van der Waals surface area contributed by atoms with Gasteiger partial charge in [0.15, 0.2) is 24.8 Å². The molecule has 10 N–H and O–H groups in total. The third-order valence-electron chi connectivity index (χ3n) is 22.8. The highest BCUT2D eigenvalue weighted by molar-refractivity contribution is 7.47. The first-order valence-electron chi connectivity index (χ1n) is 46.4. The van der Waals surface area contributed by atoms with Crippen LogP contribution in [0.3, 0.4) is 0 Å². The van der Waals surface area contributed by atoms with Crippen molar-refractivity contribution in [2.75, 3.05) is 26.4 Å². The van der Waals surface area contributed by atoms with Crippen LogP contribution in [0.5, 0.6) is 0 Å². The zero-order chi connectivity index (χ0) is 84.0. The standard InChI is InChI=1S/C89H165O25P/c1-5-9-13-17-21-25-29-33-35-39-43-47-51-55-59-63-74(93)108-69(66-105-72(91)61-57-53-49-45-41-37-31-27-23-19-15-11-7-3)67-107-115(103,104)114-87-85(112-88-82(101)78(97)76(95)70(65-90)109-88)81(100)80(99)84(111-75(94)64-60-56-52-48-44-40-36-34-30-26-22-18-14-10-6-2)86(87)113-89-83(102)79(98)77(96)71(110-89)68-106-73(92)62-58-54-50-46-42-38-32-28-24-20-16-12-8-4/h26,30,69-71,76-90,95-102H,5-25,27-29,31-68H2,1-4H3,(H,103,104)/b30-26-. The minimum Gasteiger partial charge on any atom is -0.463 e. The molecule has 0 spiro atoms. The first-order valence-corrected chi connectivity index (χ1v) is 47.9. The van der Waals surface area contributed by atoms with Gasteiger partial charge in [-0.3, -0.25) is 28.2 Å². The summed E-state index contributed by atoms with van der Waals surface area (Å²) in [5, 5.41) is 102. The highest BCUT2D eigenvalue weighted by Gasteiger charge is 2.60.